The van der Waals surface area contributed by atoms with Gasteiger partial charge in [0.25, 0.3) is 0 Å². The van der Waals surface area contributed by atoms with E-state index in [0.717, 1.165) is 58.5 Å². The van der Waals surface area contributed by atoms with Crippen LogP contribution >= 0.6 is 0 Å². The third-order valence-electron chi connectivity index (χ3n) is 7.55. The van der Waals surface area contributed by atoms with E-state index >= 15 is 0 Å². The summed E-state index contributed by atoms with van der Waals surface area (Å²) in [6.07, 6.45) is 5.37. The fourth-order valence-electron chi connectivity index (χ4n) is 5.85. The number of hydrogen-bond donors (Lipinski definition) is 0. The number of hydrogen-bond acceptors (Lipinski definition) is 4. The molecule has 3 aliphatic rings. The molecule has 3 saturated heterocycles. The SMILES string of the molecule is O=C1[C@@H]2[C@H](CCN1Cc1ccccc1)[C@H](CCOC1CCCCO1)CN2Cc1ccccc1. The summed E-state index contributed by atoms with van der Waals surface area (Å²) in [5, 5.41) is 0. The first-order valence-electron chi connectivity index (χ1n) is 12.6. The lowest BCUT2D eigenvalue weighted by Gasteiger charge is -2.38. The second kappa shape index (κ2) is 10.8. The van der Waals surface area contributed by atoms with E-state index < -0.39 is 0 Å². The highest BCUT2D eigenvalue weighted by Crippen LogP contribution is 2.39. The molecule has 1 amide bonds. The monoisotopic (exact) mass is 448 g/mol. The van der Waals surface area contributed by atoms with Gasteiger partial charge in [0, 0.05) is 32.8 Å². The van der Waals surface area contributed by atoms with Gasteiger partial charge in [0.05, 0.1) is 12.6 Å². The Labute approximate surface area is 197 Å². The van der Waals surface area contributed by atoms with Crippen LogP contribution in [0.5, 0.6) is 0 Å². The zero-order valence-electron chi connectivity index (χ0n) is 19.5. The van der Waals surface area contributed by atoms with E-state index in [9.17, 15) is 4.79 Å². The lowest BCUT2D eigenvalue weighted by molar-refractivity contribution is -0.164. The maximum Gasteiger partial charge on any atom is 0.240 e. The molecule has 2 aromatic rings. The van der Waals surface area contributed by atoms with Crippen LogP contribution in [-0.4, -0.2) is 54.3 Å². The molecule has 3 heterocycles. The summed E-state index contributed by atoms with van der Waals surface area (Å²) in [6, 6.07) is 20.9. The number of rotatable bonds is 8. The van der Waals surface area contributed by atoms with Crippen LogP contribution in [0.15, 0.2) is 60.7 Å². The van der Waals surface area contributed by atoms with Gasteiger partial charge in [-0.15, -0.1) is 0 Å². The predicted octanol–water partition coefficient (Wildman–Crippen LogP) is 4.47. The van der Waals surface area contributed by atoms with Crippen molar-refractivity contribution < 1.29 is 14.3 Å². The van der Waals surface area contributed by atoms with Crippen molar-refractivity contribution in [3.8, 4) is 0 Å². The Bertz CT molecular complexity index is 885. The minimum absolute atomic E-state index is 0.0291. The van der Waals surface area contributed by atoms with Crippen molar-refractivity contribution in [2.24, 2.45) is 11.8 Å². The zero-order chi connectivity index (χ0) is 22.5. The topological polar surface area (TPSA) is 42.0 Å². The van der Waals surface area contributed by atoms with Crippen molar-refractivity contribution in [2.45, 2.75) is 57.5 Å². The van der Waals surface area contributed by atoms with E-state index in [1.807, 2.05) is 6.07 Å². The lowest BCUT2D eigenvalue weighted by atomic mass is 9.82. The molecule has 1 unspecified atom stereocenters. The number of fused-ring (bicyclic) bond motifs is 1. The van der Waals surface area contributed by atoms with Crippen molar-refractivity contribution in [2.75, 3.05) is 26.3 Å². The van der Waals surface area contributed by atoms with Crippen molar-refractivity contribution in [1.29, 1.82) is 0 Å². The molecule has 0 N–H and O–H groups in total. The predicted molar refractivity (Wildman–Crippen MR) is 128 cm³/mol. The van der Waals surface area contributed by atoms with Gasteiger partial charge in [-0.05, 0) is 55.1 Å². The molecule has 3 fully saturated rings. The quantitative estimate of drug-likeness (QED) is 0.598. The van der Waals surface area contributed by atoms with Crippen LogP contribution in [0.25, 0.3) is 0 Å². The van der Waals surface area contributed by atoms with E-state index in [4.69, 9.17) is 9.47 Å². The van der Waals surface area contributed by atoms with Crippen LogP contribution in [0.1, 0.15) is 43.2 Å². The maximum atomic E-state index is 13.7. The molecule has 0 aliphatic carbocycles. The van der Waals surface area contributed by atoms with Gasteiger partial charge in [0.2, 0.25) is 5.91 Å². The molecule has 0 bridgehead atoms. The average Bonchev–Trinajstić information content (AvgIpc) is 3.20. The second-order valence-electron chi connectivity index (χ2n) is 9.77. The number of likely N-dealkylation sites (tertiary alicyclic amines) is 2. The third kappa shape index (κ3) is 5.48. The van der Waals surface area contributed by atoms with Gasteiger partial charge in [-0.1, -0.05) is 60.7 Å². The van der Waals surface area contributed by atoms with Gasteiger partial charge < -0.3 is 14.4 Å². The smallest absolute Gasteiger partial charge is 0.240 e. The Morgan fingerprint density at radius 1 is 0.909 bits per heavy atom. The van der Waals surface area contributed by atoms with Crippen LogP contribution in [0, 0.1) is 11.8 Å². The fourth-order valence-corrected chi connectivity index (χ4v) is 5.85. The van der Waals surface area contributed by atoms with Crippen LogP contribution in [0.2, 0.25) is 0 Å². The Hall–Kier alpha value is -2.21. The first-order valence-corrected chi connectivity index (χ1v) is 12.6. The summed E-state index contributed by atoms with van der Waals surface area (Å²) < 4.78 is 11.8. The summed E-state index contributed by atoms with van der Waals surface area (Å²) in [5.41, 5.74) is 2.48. The normalized spacial score (nSPS) is 28.1. The number of amides is 1. The van der Waals surface area contributed by atoms with Crippen LogP contribution in [-0.2, 0) is 27.4 Å². The van der Waals surface area contributed by atoms with Crippen molar-refractivity contribution in [3.63, 3.8) is 0 Å². The summed E-state index contributed by atoms with van der Waals surface area (Å²) >= 11 is 0. The molecule has 0 spiro atoms. The highest BCUT2D eigenvalue weighted by molar-refractivity contribution is 5.83. The lowest BCUT2D eigenvalue weighted by Crippen LogP contribution is -2.52. The second-order valence-corrected chi connectivity index (χ2v) is 9.77. The highest BCUT2D eigenvalue weighted by atomic mass is 16.7. The molecule has 0 aromatic heterocycles. The number of piperidine rings is 1. The number of carbonyl (C=O) groups is 1. The molecule has 176 valence electrons. The first kappa shape index (κ1) is 22.6. The summed E-state index contributed by atoms with van der Waals surface area (Å²) in [4.78, 5) is 18.2. The van der Waals surface area contributed by atoms with Crippen molar-refractivity contribution in [3.05, 3.63) is 71.8 Å². The molecule has 4 atom stereocenters. The van der Waals surface area contributed by atoms with E-state index in [0.29, 0.717) is 24.3 Å². The molecule has 2 aromatic carbocycles. The van der Waals surface area contributed by atoms with Crippen LogP contribution in [0.3, 0.4) is 0 Å². The number of nitrogens with zero attached hydrogens (tertiary/aromatic N) is 2. The van der Waals surface area contributed by atoms with E-state index in [1.165, 1.54) is 17.5 Å². The highest BCUT2D eigenvalue weighted by Gasteiger charge is 2.49. The summed E-state index contributed by atoms with van der Waals surface area (Å²) in [5.74, 6) is 1.19. The third-order valence-corrected chi connectivity index (χ3v) is 7.55. The van der Waals surface area contributed by atoms with E-state index in [1.54, 1.807) is 0 Å². The van der Waals surface area contributed by atoms with E-state index in [2.05, 4.69) is 64.4 Å². The molecule has 5 nitrogen and oxygen atoms in total. The molecule has 3 aliphatic heterocycles. The Morgan fingerprint density at radius 2 is 1.64 bits per heavy atom. The van der Waals surface area contributed by atoms with Gasteiger partial charge in [-0.25, -0.2) is 0 Å². The Morgan fingerprint density at radius 3 is 2.33 bits per heavy atom. The summed E-state index contributed by atoms with van der Waals surface area (Å²) in [7, 11) is 0. The fraction of sp³-hybridized carbons (Fsp3) is 0.536. The molecule has 0 radical (unpaired) electrons. The average molecular weight is 449 g/mol. The maximum absolute atomic E-state index is 13.7. The molecule has 5 heteroatoms. The number of ether oxygens (including phenoxy) is 2. The van der Waals surface area contributed by atoms with Crippen LogP contribution in [0.4, 0.5) is 0 Å². The summed E-state index contributed by atoms with van der Waals surface area (Å²) in [6.45, 7) is 4.88. The van der Waals surface area contributed by atoms with Crippen molar-refractivity contribution in [1.82, 2.24) is 9.80 Å². The number of carbonyl (C=O) groups excluding carboxylic acids is 1. The Kier molecular flexibility index (Phi) is 7.40. The van der Waals surface area contributed by atoms with Gasteiger partial charge in [-0.3, -0.25) is 9.69 Å². The van der Waals surface area contributed by atoms with Gasteiger partial charge in [0.15, 0.2) is 6.29 Å². The first-order chi connectivity index (χ1) is 16.3. The number of benzene rings is 2. The van der Waals surface area contributed by atoms with Gasteiger partial charge >= 0.3 is 0 Å². The van der Waals surface area contributed by atoms with Crippen molar-refractivity contribution >= 4 is 5.91 Å². The molecule has 0 saturated carbocycles. The van der Waals surface area contributed by atoms with Crippen LogP contribution < -0.4 is 0 Å². The minimum atomic E-state index is -0.0364. The molecular formula is C28H36N2O3. The largest absolute Gasteiger partial charge is 0.353 e. The molecule has 33 heavy (non-hydrogen) atoms. The zero-order valence-corrected chi connectivity index (χ0v) is 19.5. The minimum Gasteiger partial charge on any atom is -0.353 e. The van der Waals surface area contributed by atoms with E-state index in [-0.39, 0.29) is 12.3 Å². The molecule has 5 rings (SSSR count). The molecular weight excluding hydrogens is 412 g/mol. The van der Waals surface area contributed by atoms with Gasteiger partial charge in [-0.2, -0.15) is 0 Å². The Balaban J connectivity index is 1.26. The standard InChI is InChI=1S/C28H36N2O3/c31-28-27-25(14-16-29(28)19-22-9-3-1-4-10-22)24(15-18-33-26-13-7-8-17-32-26)21-30(27)20-23-11-5-2-6-12-23/h1-6,9-12,24-27H,7-8,13-21H2/t24-,25-,26?,27+/m1/s1. The van der Waals surface area contributed by atoms with Gasteiger partial charge in [0.1, 0.15) is 0 Å².